The Bertz CT molecular complexity index is 168. The number of hydrogen-bond acceptors (Lipinski definition) is 3. The maximum absolute atomic E-state index is 5.75. The van der Waals surface area contributed by atoms with Crippen LogP contribution in [0.2, 0.25) is 0 Å². The molecule has 3 unspecified atom stereocenters. The Labute approximate surface area is 73.4 Å². The molecule has 3 atom stereocenters. The summed E-state index contributed by atoms with van der Waals surface area (Å²) in [5.74, 6) is 0.530. The molecule has 70 valence electrons. The van der Waals surface area contributed by atoms with E-state index in [9.17, 15) is 0 Å². The predicted octanol–water partition coefficient (Wildman–Crippen LogP) is 0.747. The minimum absolute atomic E-state index is 0.129. The fourth-order valence-corrected chi connectivity index (χ4v) is 2.08. The van der Waals surface area contributed by atoms with E-state index in [4.69, 9.17) is 9.47 Å². The highest BCUT2D eigenvalue weighted by Crippen LogP contribution is 2.30. The first-order chi connectivity index (χ1) is 5.71. The van der Waals surface area contributed by atoms with Crippen LogP contribution in [0.3, 0.4) is 0 Å². The molecule has 0 aromatic rings. The Kier molecular flexibility index (Phi) is 2.10. The second kappa shape index (κ2) is 2.98. The third kappa shape index (κ3) is 1.37. The van der Waals surface area contributed by atoms with Crippen molar-refractivity contribution in [2.24, 2.45) is 5.92 Å². The lowest BCUT2D eigenvalue weighted by Gasteiger charge is -2.29. The van der Waals surface area contributed by atoms with Gasteiger partial charge in [0.25, 0.3) is 0 Å². The van der Waals surface area contributed by atoms with E-state index in [1.54, 1.807) is 0 Å². The normalized spacial score (nSPS) is 48.5. The highest BCUT2D eigenvalue weighted by molar-refractivity contribution is 4.90. The van der Waals surface area contributed by atoms with E-state index in [0.29, 0.717) is 12.0 Å². The van der Waals surface area contributed by atoms with Crippen LogP contribution in [0.4, 0.5) is 0 Å². The average Bonchev–Trinajstić information content (AvgIpc) is 2.59. The topological polar surface area (TPSA) is 30.5 Å². The second-order valence-electron chi connectivity index (χ2n) is 4.02. The van der Waals surface area contributed by atoms with Crippen molar-refractivity contribution < 1.29 is 9.47 Å². The molecule has 0 saturated carbocycles. The van der Waals surface area contributed by atoms with Crippen LogP contribution in [0, 0.1) is 5.92 Å². The van der Waals surface area contributed by atoms with Crippen molar-refractivity contribution in [3.63, 3.8) is 0 Å². The lowest BCUT2D eigenvalue weighted by Crippen LogP contribution is -2.47. The third-order valence-corrected chi connectivity index (χ3v) is 2.87. The summed E-state index contributed by atoms with van der Waals surface area (Å²) in [6, 6.07) is 0.482. The molecule has 1 N–H and O–H groups in total. The molecule has 2 saturated heterocycles. The molecule has 3 nitrogen and oxygen atoms in total. The van der Waals surface area contributed by atoms with Gasteiger partial charge in [-0.05, 0) is 20.3 Å². The summed E-state index contributed by atoms with van der Waals surface area (Å²) in [6.45, 7) is 6.85. The average molecular weight is 171 g/mol. The molecule has 0 aliphatic carbocycles. The van der Waals surface area contributed by atoms with Crippen molar-refractivity contribution in [1.29, 1.82) is 0 Å². The van der Waals surface area contributed by atoms with Gasteiger partial charge in [0.05, 0.1) is 13.2 Å². The second-order valence-corrected chi connectivity index (χ2v) is 4.02. The molecule has 0 aromatic heterocycles. The molecule has 12 heavy (non-hydrogen) atoms. The highest BCUT2D eigenvalue weighted by Gasteiger charge is 2.42. The van der Waals surface area contributed by atoms with Gasteiger partial charge in [-0.15, -0.1) is 0 Å². The van der Waals surface area contributed by atoms with Crippen molar-refractivity contribution >= 4 is 0 Å². The van der Waals surface area contributed by atoms with E-state index in [1.807, 2.05) is 0 Å². The molecule has 2 heterocycles. The van der Waals surface area contributed by atoms with Crippen molar-refractivity contribution in [3.8, 4) is 0 Å². The molecule has 2 rings (SSSR count). The molecule has 0 radical (unpaired) electrons. The first-order valence-electron chi connectivity index (χ1n) is 4.70. The van der Waals surface area contributed by atoms with Gasteiger partial charge in [0.2, 0.25) is 0 Å². The Morgan fingerprint density at radius 2 is 2.25 bits per heavy atom. The van der Waals surface area contributed by atoms with Crippen LogP contribution in [0.5, 0.6) is 0 Å². The molecule has 0 amide bonds. The zero-order valence-electron chi connectivity index (χ0n) is 7.80. The van der Waals surface area contributed by atoms with Gasteiger partial charge in [-0.25, -0.2) is 0 Å². The Balaban J connectivity index is 2.00. The maximum Gasteiger partial charge on any atom is 0.121 e. The van der Waals surface area contributed by atoms with Crippen LogP contribution in [-0.2, 0) is 9.47 Å². The molecule has 0 spiro atoms. The van der Waals surface area contributed by atoms with Gasteiger partial charge in [0.15, 0.2) is 0 Å². The van der Waals surface area contributed by atoms with Crippen LogP contribution >= 0.6 is 0 Å². The van der Waals surface area contributed by atoms with E-state index in [0.717, 1.165) is 26.2 Å². The highest BCUT2D eigenvalue weighted by atomic mass is 16.5. The Morgan fingerprint density at radius 3 is 2.75 bits per heavy atom. The number of nitrogens with one attached hydrogen (secondary N) is 1. The molecule has 2 aliphatic rings. The third-order valence-electron chi connectivity index (χ3n) is 2.87. The van der Waals surface area contributed by atoms with E-state index in [-0.39, 0.29) is 5.72 Å². The minimum Gasteiger partial charge on any atom is -0.381 e. The minimum atomic E-state index is -0.129. The van der Waals surface area contributed by atoms with Gasteiger partial charge in [0, 0.05) is 18.6 Å². The van der Waals surface area contributed by atoms with E-state index in [2.05, 4.69) is 19.2 Å². The first kappa shape index (κ1) is 8.48. The lowest BCUT2D eigenvalue weighted by atomic mass is 9.97. The summed E-state index contributed by atoms with van der Waals surface area (Å²) in [5, 5.41) is 3.47. The van der Waals surface area contributed by atoms with E-state index in [1.165, 1.54) is 0 Å². The predicted molar refractivity (Wildman–Crippen MR) is 45.9 cm³/mol. The van der Waals surface area contributed by atoms with Gasteiger partial charge >= 0.3 is 0 Å². The van der Waals surface area contributed by atoms with Gasteiger partial charge in [0.1, 0.15) is 5.72 Å². The van der Waals surface area contributed by atoms with Crippen LogP contribution in [0.25, 0.3) is 0 Å². The number of hydrogen-bond donors (Lipinski definition) is 1. The van der Waals surface area contributed by atoms with Crippen LogP contribution in [0.15, 0.2) is 0 Å². The van der Waals surface area contributed by atoms with Crippen LogP contribution < -0.4 is 5.32 Å². The smallest absolute Gasteiger partial charge is 0.121 e. The van der Waals surface area contributed by atoms with Gasteiger partial charge in [-0.1, -0.05) is 0 Å². The fraction of sp³-hybridized carbons (Fsp3) is 1.00. The van der Waals surface area contributed by atoms with Gasteiger partial charge in [-0.2, -0.15) is 0 Å². The standard InChI is InChI=1S/C9H17NO2/c1-7-5-12-9(2,10-7)8-3-4-11-6-8/h7-8,10H,3-6H2,1-2H3. The summed E-state index contributed by atoms with van der Waals surface area (Å²) in [6.07, 6.45) is 1.12. The zero-order valence-corrected chi connectivity index (χ0v) is 7.80. The van der Waals surface area contributed by atoms with E-state index < -0.39 is 0 Å². The molecule has 3 heteroatoms. The Hall–Kier alpha value is -0.120. The van der Waals surface area contributed by atoms with Crippen molar-refractivity contribution in [3.05, 3.63) is 0 Å². The summed E-state index contributed by atoms with van der Waals surface area (Å²) < 4.78 is 11.1. The first-order valence-corrected chi connectivity index (χ1v) is 4.70. The van der Waals surface area contributed by atoms with Crippen molar-refractivity contribution in [2.45, 2.75) is 32.0 Å². The summed E-state index contributed by atoms with van der Waals surface area (Å²) in [7, 11) is 0. The molecular formula is C9H17NO2. The molecular weight excluding hydrogens is 154 g/mol. The largest absolute Gasteiger partial charge is 0.381 e. The SMILES string of the molecule is CC1COC(C)(C2CCOC2)N1. The monoisotopic (exact) mass is 171 g/mol. The van der Waals surface area contributed by atoms with Crippen molar-refractivity contribution in [1.82, 2.24) is 5.32 Å². The molecule has 2 aliphatic heterocycles. The van der Waals surface area contributed by atoms with Gasteiger partial charge in [-0.3, -0.25) is 5.32 Å². The molecule has 0 bridgehead atoms. The number of ether oxygens (including phenoxy) is 2. The Morgan fingerprint density at radius 1 is 1.42 bits per heavy atom. The van der Waals surface area contributed by atoms with E-state index >= 15 is 0 Å². The fourth-order valence-electron chi connectivity index (χ4n) is 2.08. The quantitative estimate of drug-likeness (QED) is 0.631. The summed E-state index contributed by atoms with van der Waals surface area (Å²) >= 11 is 0. The lowest BCUT2D eigenvalue weighted by molar-refractivity contribution is -0.0446. The van der Waals surface area contributed by atoms with Gasteiger partial charge < -0.3 is 9.47 Å². The van der Waals surface area contributed by atoms with Crippen LogP contribution in [-0.4, -0.2) is 31.6 Å². The number of rotatable bonds is 1. The summed E-state index contributed by atoms with van der Waals surface area (Å²) in [4.78, 5) is 0. The maximum atomic E-state index is 5.75. The summed E-state index contributed by atoms with van der Waals surface area (Å²) in [5.41, 5.74) is -0.129. The van der Waals surface area contributed by atoms with Crippen molar-refractivity contribution in [2.75, 3.05) is 19.8 Å². The van der Waals surface area contributed by atoms with Crippen LogP contribution in [0.1, 0.15) is 20.3 Å². The zero-order chi connectivity index (χ0) is 8.60. The molecule has 2 fully saturated rings. The molecule has 0 aromatic carbocycles.